The lowest BCUT2D eigenvalue weighted by Gasteiger charge is -2.38. The summed E-state index contributed by atoms with van der Waals surface area (Å²) in [4.78, 5) is 31.9. The SMILES string of the molecule is Cc1c(/C=C2\SC(=S)N(C)C2=O)c(N2CCN(c3ccccc3)CC2)n(C)c(=O)c1C#N. The van der Waals surface area contributed by atoms with Crippen molar-refractivity contribution in [2.75, 3.05) is 43.0 Å². The number of nitrogens with zero attached hydrogens (tertiary/aromatic N) is 5. The van der Waals surface area contributed by atoms with E-state index in [1.165, 1.54) is 26.9 Å². The number of piperazine rings is 1. The molecule has 1 aromatic carbocycles. The van der Waals surface area contributed by atoms with Crippen LogP contribution in [0.4, 0.5) is 11.5 Å². The van der Waals surface area contributed by atoms with Gasteiger partial charge < -0.3 is 9.80 Å². The number of amides is 1. The molecule has 32 heavy (non-hydrogen) atoms. The fourth-order valence-corrected chi connectivity index (χ4v) is 5.25. The first kappa shape index (κ1) is 22.1. The second kappa shape index (κ2) is 8.81. The van der Waals surface area contributed by atoms with Crippen molar-refractivity contribution < 1.29 is 4.79 Å². The van der Waals surface area contributed by atoms with Gasteiger partial charge in [-0.2, -0.15) is 5.26 Å². The van der Waals surface area contributed by atoms with E-state index in [2.05, 4.69) is 21.9 Å². The molecule has 2 saturated heterocycles. The van der Waals surface area contributed by atoms with Crippen LogP contribution < -0.4 is 15.4 Å². The molecule has 9 heteroatoms. The molecule has 0 spiro atoms. The van der Waals surface area contributed by atoms with E-state index in [1.54, 1.807) is 27.1 Å². The molecule has 0 atom stereocenters. The number of likely N-dealkylation sites (N-methyl/N-ethyl adjacent to an activating group) is 1. The minimum atomic E-state index is -0.328. The van der Waals surface area contributed by atoms with Crippen molar-refractivity contribution in [2.45, 2.75) is 6.92 Å². The van der Waals surface area contributed by atoms with Crippen molar-refractivity contribution in [3.63, 3.8) is 0 Å². The first-order chi connectivity index (χ1) is 15.3. The van der Waals surface area contributed by atoms with Gasteiger partial charge in [0.2, 0.25) is 0 Å². The van der Waals surface area contributed by atoms with Gasteiger partial charge in [-0.15, -0.1) is 0 Å². The van der Waals surface area contributed by atoms with E-state index in [9.17, 15) is 14.9 Å². The zero-order valence-electron chi connectivity index (χ0n) is 18.2. The number of anilines is 2. The monoisotopic (exact) mass is 465 g/mol. The van der Waals surface area contributed by atoms with Crippen LogP contribution >= 0.6 is 24.0 Å². The van der Waals surface area contributed by atoms with Gasteiger partial charge in [-0.25, -0.2) is 0 Å². The highest BCUT2D eigenvalue weighted by Crippen LogP contribution is 2.35. The van der Waals surface area contributed by atoms with Crippen molar-refractivity contribution in [1.82, 2.24) is 9.47 Å². The maximum absolute atomic E-state index is 12.9. The summed E-state index contributed by atoms with van der Waals surface area (Å²) < 4.78 is 2.02. The molecule has 1 aromatic heterocycles. The molecule has 2 aliphatic heterocycles. The quantitative estimate of drug-likeness (QED) is 0.510. The highest BCUT2D eigenvalue weighted by atomic mass is 32.2. The average Bonchev–Trinajstić information content (AvgIpc) is 3.05. The summed E-state index contributed by atoms with van der Waals surface area (Å²) in [5.41, 5.74) is 2.23. The Hall–Kier alpha value is -3.09. The van der Waals surface area contributed by atoms with Gasteiger partial charge in [0.05, 0.1) is 4.91 Å². The Bertz CT molecular complexity index is 1220. The first-order valence-corrected chi connectivity index (χ1v) is 11.5. The molecule has 0 N–H and O–H groups in total. The van der Waals surface area contributed by atoms with Crippen LogP contribution in [-0.4, -0.2) is 52.9 Å². The van der Waals surface area contributed by atoms with Crippen molar-refractivity contribution in [3.05, 3.63) is 62.3 Å². The second-order valence-corrected chi connectivity index (χ2v) is 9.44. The Balaban J connectivity index is 1.76. The Morgan fingerprint density at radius 3 is 2.25 bits per heavy atom. The molecule has 3 heterocycles. The van der Waals surface area contributed by atoms with Crippen molar-refractivity contribution in [1.29, 1.82) is 5.26 Å². The number of hydrogen-bond donors (Lipinski definition) is 0. The number of thioether (sulfide) groups is 1. The predicted molar refractivity (Wildman–Crippen MR) is 133 cm³/mol. The fourth-order valence-electron chi connectivity index (χ4n) is 4.09. The van der Waals surface area contributed by atoms with Crippen molar-refractivity contribution >= 4 is 51.8 Å². The Morgan fingerprint density at radius 2 is 1.69 bits per heavy atom. The maximum atomic E-state index is 12.9. The highest BCUT2D eigenvalue weighted by molar-refractivity contribution is 8.26. The number of benzene rings is 1. The van der Waals surface area contributed by atoms with Crippen LogP contribution in [0.15, 0.2) is 40.0 Å². The van der Waals surface area contributed by atoms with Gasteiger partial charge in [0.15, 0.2) is 0 Å². The van der Waals surface area contributed by atoms with Crippen LogP contribution in [0.5, 0.6) is 0 Å². The Morgan fingerprint density at radius 1 is 1.06 bits per heavy atom. The van der Waals surface area contributed by atoms with Crippen LogP contribution in [0.2, 0.25) is 0 Å². The summed E-state index contributed by atoms with van der Waals surface area (Å²) in [6, 6.07) is 12.3. The molecule has 2 fully saturated rings. The molecule has 0 bridgehead atoms. The maximum Gasteiger partial charge on any atom is 0.270 e. The molecule has 2 aromatic rings. The van der Waals surface area contributed by atoms with Crippen LogP contribution in [0.3, 0.4) is 0 Å². The van der Waals surface area contributed by atoms with Gasteiger partial charge in [-0.05, 0) is 30.7 Å². The third kappa shape index (κ3) is 3.80. The summed E-state index contributed by atoms with van der Waals surface area (Å²) >= 11 is 6.49. The van der Waals surface area contributed by atoms with Gasteiger partial charge in [0.1, 0.15) is 21.8 Å². The van der Waals surface area contributed by atoms with Crippen LogP contribution in [0.1, 0.15) is 16.7 Å². The lowest BCUT2D eigenvalue weighted by Crippen LogP contribution is -2.48. The number of carbonyl (C=O) groups is 1. The Kier molecular flexibility index (Phi) is 6.09. The smallest absolute Gasteiger partial charge is 0.270 e. The zero-order chi connectivity index (χ0) is 23.0. The number of rotatable bonds is 3. The van der Waals surface area contributed by atoms with E-state index in [-0.39, 0.29) is 17.0 Å². The molecule has 7 nitrogen and oxygen atoms in total. The van der Waals surface area contributed by atoms with E-state index in [4.69, 9.17) is 12.2 Å². The largest absolute Gasteiger partial charge is 0.368 e. The van der Waals surface area contributed by atoms with E-state index >= 15 is 0 Å². The van der Waals surface area contributed by atoms with E-state index in [0.29, 0.717) is 33.4 Å². The molecular weight excluding hydrogens is 442 g/mol. The number of carbonyl (C=O) groups excluding carboxylic acids is 1. The highest BCUT2D eigenvalue weighted by Gasteiger charge is 2.31. The van der Waals surface area contributed by atoms with Gasteiger partial charge >= 0.3 is 0 Å². The van der Waals surface area contributed by atoms with E-state index in [1.807, 2.05) is 24.3 Å². The molecule has 0 aliphatic carbocycles. The standard InChI is InChI=1S/C23H23N5O2S2/c1-15-17(13-19-22(30)26(3)23(31)32-19)20(25(2)21(29)18(15)14-24)28-11-9-27(10-12-28)16-7-5-4-6-8-16/h4-8,13H,9-12H2,1-3H3/b19-13-. The predicted octanol–water partition coefficient (Wildman–Crippen LogP) is 2.72. The van der Waals surface area contributed by atoms with E-state index < -0.39 is 0 Å². The van der Waals surface area contributed by atoms with Crippen molar-refractivity contribution in [2.24, 2.45) is 7.05 Å². The number of thiocarbonyl (C=S) groups is 1. The molecule has 164 valence electrons. The molecule has 1 amide bonds. The second-order valence-electron chi connectivity index (χ2n) is 7.76. The molecule has 0 radical (unpaired) electrons. The lowest BCUT2D eigenvalue weighted by molar-refractivity contribution is -0.121. The average molecular weight is 466 g/mol. The summed E-state index contributed by atoms with van der Waals surface area (Å²) in [6.07, 6.45) is 1.78. The molecule has 2 aliphatic rings. The zero-order valence-corrected chi connectivity index (χ0v) is 19.8. The van der Waals surface area contributed by atoms with Crippen LogP contribution in [-0.2, 0) is 11.8 Å². The number of nitriles is 1. The third-order valence-electron chi connectivity index (χ3n) is 5.93. The minimum Gasteiger partial charge on any atom is -0.368 e. The summed E-state index contributed by atoms with van der Waals surface area (Å²) in [5, 5.41) is 9.60. The summed E-state index contributed by atoms with van der Waals surface area (Å²) in [7, 11) is 3.33. The first-order valence-electron chi connectivity index (χ1n) is 10.2. The normalized spacial score (nSPS) is 17.9. The number of para-hydroxylation sites is 1. The van der Waals surface area contributed by atoms with Crippen molar-refractivity contribution in [3.8, 4) is 6.07 Å². The fraction of sp³-hybridized carbons (Fsp3) is 0.304. The molecule has 4 rings (SSSR count). The topological polar surface area (TPSA) is 72.6 Å². The number of pyridine rings is 1. The third-order valence-corrected chi connectivity index (χ3v) is 7.42. The van der Waals surface area contributed by atoms with Crippen LogP contribution in [0.25, 0.3) is 6.08 Å². The minimum absolute atomic E-state index is 0.0948. The van der Waals surface area contributed by atoms with E-state index in [0.717, 1.165) is 18.9 Å². The van der Waals surface area contributed by atoms with Gasteiger partial charge in [-0.1, -0.05) is 42.2 Å². The summed E-state index contributed by atoms with van der Waals surface area (Å²) in [5.74, 6) is 0.548. The van der Waals surface area contributed by atoms with Gasteiger partial charge in [0, 0.05) is 51.5 Å². The molecule has 0 saturated carbocycles. The summed E-state index contributed by atoms with van der Waals surface area (Å²) in [6.45, 7) is 4.79. The number of hydrogen-bond acceptors (Lipinski definition) is 7. The van der Waals surface area contributed by atoms with Crippen LogP contribution in [0, 0.1) is 18.3 Å². The Labute approximate surface area is 196 Å². The number of aromatic nitrogens is 1. The van der Waals surface area contributed by atoms with Gasteiger partial charge in [-0.3, -0.25) is 19.1 Å². The molecule has 0 unspecified atom stereocenters. The lowest BCUT2D eigenvalue weighted by atomic mass is 10.0. The molecular formula is C23H23N5O2S2. The van der Waals surface area contributed by atoms with Gasteiger partial charge in [0.25, 0.3) is 11.5 Å².